The van der Waals surface area contributed by atoms with E-state index in [0.717, 1.165) is 22.2 Å². The zero-order chi connectivity index (χ0) is 20.1. The summed E-state index contributed by atoms with van der Waals surface area (Å²) in [5.41, 5.74) is 3.07. The standard InChI is InChI=1S/C22H22N2O4/c1-14-8-10-16-6-5-7-17(21(16)23-14)24-20(25)11-9-15-12-18(26-2)22(28-4)19(13-15)27-3/h5-13H,1-4H3,(H,24,25). The molecule has 0 saturated heterocycles. The Balaban J connectivity index is 1.84. The zero-order valence-electron chi connectivity index (χ0n) is 16.3. The number of carbonyl (C=O) groups excluding carboxylic acids is 1. The lowest BCUT2D eigenvalue weighted by Crippen LogP contribution is -2.08. The predicted octanol–water partition coefficient (Wildman–Crippen LogP) is 4.22. The van der Waals surface area contributed by atoms with Gasteiger partial charge in [-0.3, -0.25) is 9.78 Å². The average Bonchev–Trinajstić information content (AvgIpc) is 2.71. The first-order valence-corrected chi connectivity index (χ1v) is 8.71. The lowest BCUT2D eigenvalue weighted by molar-refractivity contribution is -0.111. The quantitative estimate of drug-likeness (QED) is 0.651. The Bertz CT molecular complexity index is 1020. The highest BCUT2D eigenvalue weighted by molar-refractivity contribution is 6.06. The van der Waals surface area contributed by atoms with E-state index in [2.05, 4.69) is 10.3 Å². The molecule has 3 aromatic rings. The maximum absolute atomic E-state index is 12.4. The van der Waals surface area contributed by atoms with E-state index in [1.807, 2.05) is 37.3 Å². The van der Waals surface area contributed by atoms with Crippen LogP contribution in [-0.2, 0) is 4.79 Å². The summed E-state index contributed by atoms with van der Waals surface area (Å²) >= 11 is 0. The molecule has 0 unspecified atom stereocenters. The molecule has 0 aliphatic carbocycles. The molecule has 144 valence electrons. The first-order chi connectivity index (χ1) is 13.5. The summed E-state index contributed by atoms with van der Waals surface area (Å²) in [6.07, 6.45) is 3.14. The van der Waals surface area contributed by atoms with Gasteiger partial charge in [0.15, 0.2) is 11.5 Å². The fourth-order valence-electron chi connectivity index (χ4n) is 2.89. The molecule has 0 aliphatic rings. The lowest BCUT2D eigenvalue weighted by Gasteiger charge is -2.12. The van der Waals surface area contributed by atoms with Gasteiger partial charge in [-0.1, -0.05) is 18.2 Å². The Kier molecular flexibility index (Phi) is 5.79. The highest BCUT2D eigenvalue weighted by Crippen LogP contribution is 2.38. The van der Waals surface area contributed by atoms with Crippen LogP contribution < -0.4 is 19.5 Å². The molecule has 0 spiro atoms. The third-order valence-electron chi connectivity index (χ3n) is 4.23. The Morgan fingerprint density at radius 1 is 1.00 bits per heavy atom. The number of ether oxygens (including phenoxy) is 3. The Morgan fingerprint density at radius 3 is 2.36 bits per heavy atom. The van der Waals surface area contributed by atoms with Crippen molar-refractivity contribution in [3.63, 3.8) is 0 Å². The molecule has 28 heavy (non-hydrogen) atoms. The van der Waals surface area contributed by atoms with Crippen molar-refractivity contribution in [2.75, 3.05) is 26.6 Å². The maximum atomic E-state index is 12.4. The molecular formula is C22H22N2O4. The number of para-hydroxylation sites is 1. The van der Waals surface area contributed by atoms with Crippen LogP contribution in [0.5, 0.6) is 17.2 Å². The second kappa shape index (κ2) is 8.43. The van der Waals surface area contributed by atoms with Gasteiger partial charge in [-0.25, -0.2) is 0 Å². The smallest absolute Gasteiger partial charge is 0.248 e. The van der Waals surface area contributed by atoms with Crippen LogP contribution in [0.4, 0.5) is 5.69 Å². The van der Waals surface area contributed by atoms with Crippen molar-refractivity contribution in [2.45, 2.75) is 6.92 Å². The van der Waals surface area contributed by atoms with Gasteiger partial charge in [0, 0.05) is 17.2 Å². The summed E-state index contributed by atoms with van der Waals surface area (Å²) in [4.78, 5) is 17.0. The van der Waals surface area contributed by atoms with Crippen molar-refractivity contribution < 1.29 is 19.0 Å². The molecule has 1 aromatic heterocycles. The molecule has 0 atom stereocenters. The second-order valence-electron chi connectivity index (χ2n) is 6.11. The number of rotatable bonds is 6. The van der Waals surface area contributed by atoms with E-state index in [1.165, 1.54) is 6.08 Å². The number of nitrogens with one attached hydrogen (secondary N) is 1. The van der Waals surface area contributed by atoms with E-state index >= 15 is 0 Å². The van der Waals surface area contributed by atoms with Crippen molar-refractivity contribution in [1.82, 2.24) is 4.98 Å². The van der Waals surface area contributed by atoms with Gasteiger partial charge in [0.25, 0.3) is 0 Å². The summed E-state index contributed by atoms with van der Waals surface area (Å²) in [6.45, 7) is 1.92. The van der Waals surface area contributed by atoms with Crippen LogP contribution in [0.1, 0.15) is 11.3 Å². The number of carbonyl (C=O) groups is 1. The first kappa shape index (κ1) is 19.2. The van der Waals surface area contributed by atoms with Gasteiger partial charge in [-0.2, -0.15) is 0 Å². The number of fused-ring (bicyclic) bond motifs is 1. The van der Waals surface area contributed by atoms with E-state index in [0.29, 0.717) is 22.9 Å². The van der Waals surface area contributed by atoms with Crippen molar-refractivity contribution in [3.05, 3.63) is 59.8 Å². The van der Waals surface area contributed by atoms with E-state index in [9.17, 15) is 4.79 Å². The second-order valence-corrected chi connectivity index (χ2v) is 6.11. The number of anilines is 1. The van der Waals surface area contributed by atoms with Crippen molar-refractivity contribution >= 4 is 28.6 Å². The number of hydrogen-bond donors (Lipinski definition) is 1. The summed E-state index contributed by atoms with van der Waals surface area (Å²) < 4.78 is 16.0. The van der Waals surface area contributed by atoms with Gasteiger partial charge >= 0.3 is 0 Å². The van der Waals surface area contributed by atoms with E-state index in [1.54, 1.807) is 39.5 Å². The molecule has 0 fully saturated rings. The van der Waals surface area contributed by atoms with Crippen LogP contribution in [0, 0.1) is 6.92 Å². The number of pyridine rings is 1. The van der Waals surface area contributed by atoms with Gasteiger partial charge in [-0.05, 0) is 42.8 Å². The SMILES string of the molecule is COc1cc(C=CC(=O)Nc2cccc3ccc(C)nc23)cc(OC)c1OC. The Hall–Kier alpha value is -3.54. The third kappa shape index (κ3) is 4.06. The molecule has 3 rings (SSSR count). The summed E-state index contributed by atoms with van der Waals surface area (Å²) in [5, 5.41) is 3.86. The number of amides is 1. The van der Waals surface area contributed by atoms with Crippen LogP contribution in [-0.4, -0.2) is 32.2 Å². The molecule has 0 bridgehead atoms. The molecule has 0 radical (unpaired) electrons. The van der Waals surface area contributed by atoms with Crippen LogP contribution in [0.2, 0.25) is 0 Å². The normalized spacial score (nSPS) is 10.9. The monoisotopic (exact) mass is 378 g/mol. The molecule has 0 saturated carbocycles. The molecule has 6 nitrogen and oxygen atoms in total. The van der Waals surface area contributed by atoms with Gasteiger partial charge in [-0.15, -0.1) is 0 Å². The van der Waals surface area contributed by atoms with Crippen molar-refractivity contribution in [1.29, 1.82) is 0 Å². The van der Waals surface area contributed by atoms with E-state index in [-0.39, 0.29) is 5.91 Å². The molecule has 6 heteroatoms. The Labute approximate surface area is 163 Å². The van der Waals surface area contributed by atoms with Gasteiger partial charge in [0.05, 0.1) is 32.5 Å². The summed E-state index contributed by atoms with van der Waals surface area (Å²) in [5.74, 6) is 1.29. The fraction of sp³-hybridized carbons (Fsp3) is 0.182. The van der Waals surface area contributed by atoms with Crippen LogP contribution in [0.25, 0.3) is 17.0 Å². The van der Waals surface area contributed by atoms with E-state index in [4.69, 9.17) is 14.2 Å². The number of benzene rings is 2. The van der Waals surface area contributed by atoms with E-state index < -0.39 is 0 Å². The zero-order valence-corrected chi connectivity index (χ0v) is 16.3. The number of aryl methyl sites for hydroxylation is 1. The lowest BCUT2D eigenvalue weighted by atomic mass is 10.1. The molecule has 1 amide bonds. The molecule has 1 heterocycles. The number of aromatic nitrogens is 1. The minimum absolute atomic E-state index is 0.260. The van der Waals surface area contributed by atoms with Crippen molar-refractivity contribution in [2.24, 2.45) is 0 Å². The summed E-state index contributed by atoms with van der Waals surface area (Å²) in [6, 6.07) is 13.2. The third-order valence-corrected chi connectivity index (χ3v) is 4.23. The number of methoxy groups -OCH3 is 3. The highest BCUT2D eigenvalue weighted by atomic mass is 16.5. The van der Waals surface area contributed by atoms with Gasteiger partial charge < -0.3 is 19.5 Å². The average molecular weight is 378 g/mol. The predicted molar refractivity (Wildman–Crippen MR) is 110 cm³/mol. The van der Waals surface area contributed by atoms with Crippen LogP contribution in [0.15, 0.2) is 48.5 Å². The minimum Gasteiger partial charge on any atom is -0.493 e. The highest BCUT2D eigenvalue weighted by Gasteiger charge is 2.12. The fourth-order valence-corrected chi connectivity index (χ4v) is 2.89. The van der Waals surface area contributed by atoms with Gasteiger partial charge in [0.1, 0.15) is 0 Å². The molecular weight excluding hydrogens is 356 g/mol. The maximum Gasteiger partial charge on any atom is 0.248 e. The molecule has 0 aliphatic heterocycles. The molecule has 1 N–H and O–H groups in total. The van der Waals surface area contributed by atoms with Crippen LogP contribution in [0.3, 0.4) is 0 Å². The van der Waals surface area contributed by atoms with Gasteiger partial charge in [0.2, 0.25) is 11.7 Å². The molecule has 2 aromatic carbocycles. The number of hydrogen-bond acceptors (Lipinski definition) is 5. The Morgan fingerprint density at radius 2 is 1.71 bits per heavy atom. The largest absolute Gasteiger partial charge is 0.493 e. The minimum atomic E-state index is -0.260. The first-order valence-electron chi connectivity index (χ1n) is 8.71. The van der Waals surface area contributed by atoms with Crippen LogP contribution >= 0.6 is 0 Å². The topological polar surface area (TPSA) is 69.7 Å². The summed E-state index contributed by atoms with van der Waals surface area (Å²) in [7, 11) is 4.64. The van der Waals surface area contributed by atoms with Crippen molar-refractivity contribution in [3.8, 4) is 17.2 Å². The number of nitrogens with zero attached hydrogens (tertiary/aromatic N) is 1.